The van der Waals surface area contributed by atoms with Gasteiger partial charge in [0.25, 0.3) is 5.91 Å². The van der Waals surface area contributed by atoms with Gasteiger partial charge in [-0.2, -0.15) is 13.2 Å². The normalized spacial score (nSPS) is 14.8. The number of amides is 1. The monoisotopic (exact) mass is 430 g/mol. The van der Waals surface area contributed by atoms with Crippen molar-refractivity contribution in [1.82, 2.24) is 4.90 Å². The zero-order valence-corrected chi connectivity index (χ0v) is 16.0. The lowest BCUT2D eigenvalue weighted by molar-refractivity contribution is -0.137. The molecular formula is C19H18ClF3N2O4. The van der Waals surface area contributed by atoms with Crippen LogP contribution in [0.1, 0.15) is 24.2 Å². The van der Waals surface area contributed by atoms with E-state index in [4.69, 9.17) is 20.8 Å². The predicted octanol–water partition coefficient (Wildman–Crippen LogP) is 3.93. The summed E-state index contributed by atoms with van der Waals surface area (Å²) in [7, 11) is 0. The van der Waals surface area contributed by atoms with E-state index in [9.17, 15) is 22.8 Å². The van der Waals surface area contributed by atoms with Crippen molar-refractivity contribution in [3.63, 3.8) is 0 Å². The van der Waals surface area contributed by atoms with Gasteiger partial charge in [-0.05, 0) is 44.1 Å². The maximum Gasteiger partial charge on any atom is 0.416 e. The number of carbonyl (C=O) groups excluding carboxylic acids is 1. The van der Waals surface area contributed by atoms with Crippen molar-refractivity contribution in [3.8, 4) is 5.75 Å². The molecule has 0 aliphatic carbocycles. The van der Waals surface area contributed by atoms with Crippen LogP contribution < -0.4 is 15.5 Å². The fourth-order valence-corrected chi connectivity index (χ4v) is 3.08. The molecule has 1 aromatic heterocycles. The highest BCUT2D eigenvalue weighted by Gasteiger charge is 2.31. The third-order valence-corrected chi connectivity index (χ3v) is 4.69. The molecule has 1 N–H and O–H groups in total. The van der Waals surface area contributed by atoms with Gasteiger partial charge >= 0.3 is 6.18 Å². The van der Waals surface area contributed by atoms with Gasteiger partial charge in [-0.25, -0.2) is 0 Å². The minimum Gasteiger partial charge on any atom is -0.477 e. The summed E-state index contributed by atoms with van der Waals surface area (Å²) in [6, 6.07) is 3.87. The zero-order valence-electron chi connectivity index (χ0n) is 15.2. The Morgan fingerprint density at radius 1 is 1.24 bits per heavy atom. The Morgan fingerprint density at radius 3 is 2.62 bits per heavy atom. The van der Waals surface area contributed by atoms with Crippen LogP contribution in [0.3, 0.4) is 0 Å². The SMILES string of the molecule is O=C(COc1coc(CN2CCCC2)cc1=O)Nc1cc(C(F)(F)F)ccc1Cl. The van der Waals surface area contributed by atoms with Crippen molar-refractivity contribution in [2.24, 2.45) is 0 Å². The number of anilines is 1. The third kappa shape index (κ3) is 5.74. The molecule has 0 unspecified atom stereocenters. The van der Waals surface area contributed by atoms with Crippen molar-refractivity contribution in [2.75, 3.05) is 25.0 Å². The van der Waals surface area contributed by atoms with Gasteiger partial charge in [0.05, 0.1) is 22.8 Å². The van der Waals surface area contributed by atoms with Crippen LogP contribution >= 0.6 is 11.6 Å². The summed E-state index contributed by atoms with van der Waals surface area (Å²) >= 11 is 5.83. The number of carbonyl (C=O) groups is 1. The number of benzene rings is 1. The third-order valence-electron chi connectivity index (χ3n) is 4.36. The molecule has 0 bridgehead atoms. The minimum atomic E-state index is -4.57. The average Bonchev–Trinajstić information content (AvgIpc) is 3.15. The van der Waals surface area contributed by atoms with Crippen molar-refractivity contribution in [2.45, 2.75) is 25.6 Å². The molecule has 3 rings (SSSR count). The Morgan fingerprint density at radius 2 is 1.97 bits per heavy atom. The van der Waals surface area contributed by atoms with Gasteiger partial charge in [0, 0.05) is 6.07 Å². The Balaban J connectivity index is 1.59. The molecule has 156 valence electrons. The van der Waals surface area contributed by atoms with Gasteiger partial charge in [0.15, 0.2) is 6.61 Å². The molecule has 0 spiro atoms. The second kappa shape index (κ2) is 8.87. The minimum absolute atomic E-state index is 0.0582. The van der Waals surface area contributed by atoms with Crippen LogP contribution in [0.2, 0.25) is 5.02 Å². The van der Waals surface area contributed by atoms with E-state index >= 15 is 0 Å². The first kappa shape index (κ1) is 21.2. The maximum atomic E-state index is 12.8. The lowest BCUT2D eigenvalue weighted by Gasteiger charge is -2.13. The number of ether oxygens (including phenoxy) is 1. The highest BCUT2D eigenvalue weighted by Crippen LogP contribution is 2.33. The summed E-state index contributed by atoms with van der Waals surface area (Å²) < 4.78 is 48.9. The van der Waals surface area contributed by atoms with Gasteiger partial charge in [-0.3, -0.25) is 14.5 Å². The van der Waals surface area contributed by atoms with E-state index in [0.29, 0.717) is 12.3 Å². The molecular weight excluding hydrogens is 413 g/mol. The van der Waals surface area contributed by atoms with Gasteiger partial charge in [0.1, 0.15) is 12.0 Å². The Kier molecular flexibility index (Phi) is 6.49. The summed E-state index contributed by atoms with van der Waals surface area (Å²) in [4.78, 5) is 26.3. The van der Waals surface area contributed by atoms with Crippen molar-refractivity contribution < 1.29 is 27.1 Å². The fourth-order valence-electron chi connectivity index (χ4n) is 2.91. The molecule has 1 aromatic carbocycles. The molecule has 2 aromatic rings. The molecule has 1 fully saturated rings. The number of hydrogen-bond donors (Lipinski definition) is 1. The summed E-state index contributed by atoms with van der Waals surface area (Å²) in [6.45, 7) is 1.81. The van der Waals surface area contributed by atoms with Crippen LogP contribution in [0.15, 0.2) is 39.7 Å². The first-order valence-electron chi connectivity index (χ1n) is 8.86. The molecule has 2 heterocycles. The van der Waals surface area contributed by atoms with Crippen molar-refractivity contribution in [1.29, 1.82) is 0 Å². The quantitative estimate of drug-likeness (QED) is 0.752. The van der Waals surface area contributed by atoms with E-state index in [1.165, 1.54) is 6.07 Å². The largest absolute Gasteiger partial charge is 0.477 e. The Labute approximate surface area is 169 Å². The Hall–Kier alpha value is -2.52. The van der Waals surface area contributed by atoms with Gasteiger partial charge in [-0.15, -0.1) is 0 Å². The number of nitrogens with one attached hydrogen (secondary N) is 1. The molecule has 1 saturated heterocycles. The molecule has 0 atom stereocenters. The Bertz CT molecular complexity index is 940. The van der Waals surface area contributed by atoms with Crippen molar-refractivity contribution >= 4 is 23.2 Å². The average molecular weight is 431 g/mol. The second-order valence-corrected chi connectivity index (χ2v) is 6.99. The number of rotatable bonds is 6. The van der Waals surface area contributed by atoms with E-state index in [1.807, 2.05) is 0 Å². The van der Waals surface area contributed by atoms with Crippen LogP contribution in [0.4, 0.5) is 18.9 Å². The van der Waals surface area contributed by atoms with Gasteiger partial charge in [-0.1, -0.05) is 11.6 Å². The first-order valence-corrected chi connectivity index (χ1v) is 9.23. The lowest BCUT2D eigenvalue weighted by Crippen LogP contribution is -2.23. The second-order valence-electron chi connectivity index (χ2n) is 6.59. The summed E-state index contributed by atoms with van der Waals surface area (Å²) in [5, 5.41) is 2.18. The van der Waals surface area contributed by atoms with E-state index in [0.717, 1.165) is 50.4 Å². The molecule has 10 heteroatoms. The molecule has 1 aliphatic heterocycles. The molecule has 1 aliphatic rings. The molecule has 1 amide bonds. The summed E-state index contributed by atoms with van der Waals surface area (Å²) in [6.07, 6.45) is -1.23. The topological polar surface area (TPSA) is 71.8 Å². The highest BCUT2D eigenvalue weighted by atomic mass is 35.5. The predicted molar refractivity (Wildman–Crippen MR) is 100 cm³/mol. The number of likely N-dealkylation sites (tertiary alicyclic amines) is 1. The highest BCUT2D eigenvalue weighted by molar-refractivity contribution is 6.33. The van der Waals surface area contributed by atoms with Crippen LogP contribution in [0.25, 0.3) is 0 Å². The molecule has 0 saturated carbocycles. The molecule has 0 radical (unpaired) electrons. The summed E-state index contributed by atoms with van der Waals surface area (Å²) in [5.41, 5.74) is -1.61. The number of nitrogens with zero attached hydrogens (tertiary/aromatic N) is 1. The smallest absolute Gasteiger partial charge is 0.416 e. The van der Waals surface area contributed by atoms with E-state index < -0.39 is 29.7 Å². The number of alkyl halides is 3. The maximum absolute atomic E-state index is 12.8. The van der Waals surface area contributed by atoms with Crippen LogP contribution in [-0.2, 0) is 17.5 Å². The van der Waals surface area contributed by atoms with E-state index in [2.05, 4.69) is 10.2 Å². The number of halogens is 4. The number of hydrogen-bond acceptors (Lipinski definition) is 5. The van der Waals surface area contributed by atoms with Gasteiger partial charge in [0.2, 0.25) is 11.2 Å². The van der Waals surface area contributed by atoms with Crippen LogP contribution in [0.5, 0.6) is 5.75 Å². The summed E-state index contributed by atoms with van der Waals surface area (Å²) in [5.74, 6) is -0.448. The fraction of sp³-hybridized carbons (Fsp3) is 0.368. The zero-order chi connectivity index (χ0) is 21.0. The van der Waals surface area contributed by atoms with Crippen LogP contribution in [-0.4, -0.2) is 30.5 Å². The van der Waals surface area contributed by atoms with E-state index in [-0.39, 0.29) is 16.5 Å². The lowest BCUT2D eigenvalue weighted by atomic mass is 10.2. The molecule has 29 heavy (non-hydrogen) atoms. The standard InChI is InChI=1S/C19H18ClF3N2O4/c20-14-4-3-12(19(21,22)23)7-15(14)24-18(27)11-29-17-10-28-13(8-16(17)26)9-25-5-1-2-6-25/h3-4,7-8,10H,1-2,5-6,9,11H2,(H,24,27). The first-order chi connectivity index (χ1) is 13.7. The van der Waals surface area contributed by atoms with Gasteiger partial charge < -0.3 is 14.5 Å². The van der Waals surface area contributed by atoms with E-state index in [1.54, 1.807) is 0 Å². The van der Waals surface area contributed by atoms with Crippen LogP contribution in [0, 0.1) is 0 Å². The molecule has 6 nitrogen and oxygen atoms in total. The van der Waals surface area contributed by atoms with Crippen molar-refractivity contribution in [3.05, 3.63) is 57.1 Å².